The summed E-state index contributed by atoms with van der Waals surface area (Å²) in [6, 6.07) is 44.4. The second-order valence-electron chi connectivity index (χ2n) is 17.5. The number of alkyl halides is 3. The number of hydrogen-bond acceptors (Lipinski definition) is 3. The minimum absolute atomic E-state index is 0.183. The molecule has 0 N–H and O–H groups in total. The first-order valence-corrected chi connectivity index (χ1v) is 22.1. The van der Waals surface area contributed by atoms with Crippen LogP contribution >= 0.6 is 0 Å². The van der Waals surface area contributed by atoms with Crippen molar-refractivity contribution in [3.05, 3.63) is 202 Å². The Morgan fingerprint density at radius 3 is 1.43 bits per heavy atom. The predicted octanol–water partition coefficient (Wildman–Crippen LogP) is 14.0. The molecule has 0 fully saturated rings. The van der Waals surface area contributed by atoms with E-state index in [1.807, 2.05) is 78.9 Å². The smallest absolute Gasteiger partial charge is 0.309 e. The summed E-state index contributed by atoms with van der Waals surface area (Å²) < 4.78 is 45.7. The van der Waals surface area contributed by atoms with Crippen molar-refractivity contribution in [2.24, 2.45) is 11.8 Å². The highest BCUT2D eigenvalue weighted by molar-refractivity contribution is 6.10. The van der Waals surface area contributed by atoms with Gasteiger partial charge in [-0.1, -0.05) is 158 Å². The predicted molar refractivity (Wildman–Crippen MR) is 260 cm³/mol. The third-order valence-electron chi connectivity index (χ3n) is 12.8. The molecule has 2 aromatic heterocycles. The maximum atomic E-state index is 14.5. The average molecular weight is 857 g/mol. The molecule has 8 aromatic rings. The molecule has 10 rings (SSSR count). The highest BCUT2D eigenvalue weighted by Gasteiger charge is 2.31. The van der Waals surface area contributed by atoms with Crippen LogP contribution < -0.4 is 10.4 Å². The van der Waals surface area contributed by atoms with Crippen molar-refractivity contribution in [1.82, 2.24) is 19.5 Å². The second kappa shape index (κ2) is 16.3. The van der Waals surface area contributed by atoms with Gasteiger partial charge in [-0.15, -0.1) is 0 Å². The lowest BCUT2D eigenvalue weighted by Gasteiger charge is -2.20. The van der Waals surface area contributed by atoms with Gasteiger partial charge < -0.3 is 4.57 Å². The van der Waals surface area contributed by atoms with E-state index in [1.165, 1.54) is 45.6 Å². The standard InChI is InChI=1S/C58H47F3N4/c1-34-26-36(3)53(37(4)27-34)43-20-24-48-49-25-21-44(54-38(5)28-35(2)29-39(54)6)32-52(49)65(51(48)31-43)50-33-45(22-23-47(50)42-18-13-19-46(30-42)58(59,60)61)57-63-55(40-14-9-7-10-15-40)62-56(64-57)41-16-11-8-12-17-41/h7-33,36,38H,1-6H3. The normalized spacial score (nSPS) is 18.4. The molecule has 2 aliphatic rings. The Morgan fingerprint density at radius 1 is 0.477 bits per heavy atom. The Labute approximate surface area is 376 Å². The zero-order valence-electron chi connectivity index (χ0n) is 37.2. The first-order chi connectivity index (χ1) is 31.3. The fourth-order valence-electron chi connectivity index (χ4n) is 10.1. The van der Waals surface area contributed by atoms with Gasteiger partial charge in [-0.3, -0.25) is 0 Å². The van der Waals surface area contributed by atoms with E-state index < -0.39 is 11.7 Å². The Morgan fingerprint density at radius 2 is 0.954 bits per heavy atom. The summed E-state index contributed by atoms with van der Waals surface area (Å²) in [5.74, 6) is 1.84. The summed E-state index contributed by atoms with van der Waals surface area (Å²) in [6.07, 6.45) is 4.51. The summed E-state index contributed by atoms with van der Waals surface area (Å²) in [6.45, 7) is 13.1. The van der Waals surface area contributed by atoms with E-state index >= 15 is 0 Å². The van der Waals surface area contributed by atoms with Crippen LogP contribution in [-0.2, 0) is 6.18 Å². The van der Waals surface area contributed by atoms with Crippen LogP contribution in [0, 0.1) is 11.8 Å². The molecule has 2 aliphatic carbocycles. The zero-order valence-corrected chi connectivity index (χ0v) is 37.2. The quantitative estimate of drug-likeness (QED) is 0.173. The van der Waals surface area contributed by atoms with Crippen molar-refractivity contribution in [3.8, 4) is 51.0 Å². The lowest BCUT2D eigenvalue weighted by molar-refractivity contribution is -0.137. The van der Waals surface area contributed by atoms with Gasteiger partial charge in [0.2, 0.25) is 0 Å². The molecule has 7 heteroatoms. The Hall–Kier alpha value is -7.38. The van der Waals surface area contributed by atoms with Crippen molar-refractivity contribution >= 4 is 33.0 Å². The molecule has 0 bridgehead atoms. The van der Waals surface area contributed by atoms with Crippen LogP contribution in [0.5, 0.6) is 0 Å². The molecule has 0 saturated heterocycles. The lowest BCUT2D eigenvalue weighted by Crippen LogP contribution is -2.15. The van der Waals surface area contributed by atoms with Gasteiger partial charge in [-0.2, -0.15) is 13.2 Å². The first-order valence-electron chi connectivity index (χ1n) is 22.1. The molecule has 0 aliphatic heterocycles. The number of rotatable bonds is 5. The number of fused-ring (bicyclic) bond motifs is 3. The van der Waals surface area contributed by atoms with E-state index in [9.17, 15) is 13.2 Å². The van der Waals surface area contributed by atoms with Crippen LogP contribution in [0.3, 0.4) is 0 Å². The molecular weight excluding hydrogens is 810 g/mol. The van der Waals surface area contributed by atoms with Gasteiger partial charge in [-0.25, -0.2) is 15.0 Å². The summed E-state index contributed by atoms with van der Waals surface area (Å²) in [7, 11) is 0. The minimum Gasteiger partial charge on any atom is -0.309 e. The Bertz CT molecular complexity index is 3300. The van der Waals surface area contributed by atoms with E-state index in [4.69, 9.17) is 15.0 Å². The molecular formula is C58H47F3N4. The van der Waals surface area contributed by atoms with Crippen molar-refractivity contribution in [2.75, 3.05) is 0 Å². The molecule has 65 heavy (non-hydrogen) atoms. The minimum atomic E-state index is -4.53. The largest absolute Gasteiger partial charge is 0.416 e. The number of halogens is 3. The number of aromatic nitrogens is 4. The van der Waals surface area contributed by atoms with Crippen molar-refractivity contribution < 1.29 is 13.2 Å². The van der Waals surface area contributed by atoms with Gasteiger partial charge >= 0.3 is 6.18 Å². The number of hydrogen-bond donors (Lipinski definition) is 0. The molecule has 0 radical (unpaired) electrons. The van der Waals surface area contributed by atoms with Crippen LogP contribution in [0.2, 0.25) is 0 Å². The average Bonchev–Trinajstić information content (AvgIpc) is 3.61. The molecule has 320 valence electrons. The third-order valence-corrected chi connectivity index (χ3v) is 12.8. The van der Waals surface area contributed by atoms with E-state index in [2.05, 4.69) is 107 Å². The van der Waals surface area contributed by atoms with Crippen molar-refractivity contribution in [2.45, 2.75) is 47.7 Å². The number of allylic oxidation sites excluding steroid dienone is 8. The molecule has 0 saturated carbocycles. The van der Waals surface area contributed by atoms with E-state index in [1.54, 1.807) is 6.07 Å². The van der Waals surface area contributed by atoms with Crippen LogP contribution in [-0.4, -0.2) is 19.5 Å². The summed E-state index contributed by atoms with van der Waals surface area (Å²) in [5, 5.41) is 4.26. The SMILES string of the molecule is CC1=CC(C)C(=c2ccc3c4ccc(=C5C(C)=CC(C)=CC5C)cc4n(-c4cc(-c5nc(-c6ccccc6)nc(-c6ccccc6)n5)ccc4-c4cccc(C(F)(F)F)c4)c3c2)C(C)=C1. The van der Waals surface area contributed by atoms with E-state index in [-0.39, 0.29) is 11.8 Å². The van der Waals surface area contributed by atoms with Crippen molar-refractivity contribution in [3.63, 3.8) is 0 Å². The van der Waals surface area contributed by atoms with Gasteiger partial charge in [0.1, 0.15) is 0 Å². The zero-order chi connectivity index (χ0) is 45.1. The monoisotopic (exact) mass is 856 g/mol. The molecule has 6 aromatic carbocycles. The summed E-state index contributed by atoms with van der Waals surface area (Å²) in [5.41, 5.74) is 12.7. The summed E-state index contributed by atoms with van der Waals surface area (Å²) in [4.78, 5) is 15.1. The van der Waals surface area contributed by atoms with E-state index in [0.29, 0.717) is 39.9 Å². The van der Waals surface area contributed by atoms with E-state index in [0.717, 1.165) is 49.4 Å². The molecule has 2 heterocycles. The van der Waals surface area contributed by atoms with Crippen LogP contribution in [0.1, 0.15) is 47.1 Å². The molecule has 0 amide bonds. The van der Waals surface area contributed by atoms with Crippen molar-refractivity contribution in [1.29, 1.82) is 0 Å². The Balaban J connectivity index is 1.33. The maximum Gasteiger partial charge on any atom is 0.416 e. The highest BCUT2D eigenvalue weighted by atomic mass is 19.4. The van der Waals surface area contributed by atoms with Crippen LogP contribution in [0.4, 0.5) is 13.2 Å². The fourth-order valence-corrected chi connectivity index (χ4v) is 10.1. The maximum absolute atomic E-state index is 14.5. The van der Waals surface area contributed by atoms with Gasteiger partial charge in [0.25, 0.3) is 0 Å². The second-order valence-corrected chi connectivity index (χ2v) is 17.5. The van der Waals surface area contributed by atoms with Gasteiger partial charge in [0.05, 0.1) is 22.3 Å². The third kappa shape index (κ3) is 7.75. The number of benzene rings is 6. The number of nitrogens with zero attached hydrogens (tertiary/aromatic N) is 4. The molecule has 2 atom stereocenters. The summed E-state index contributed by atoms with van der Waals surface area (Å²) >= 11 is 0. The van der Waals surface area contributed by atoms with Gasteiger partial charge in [0.15, 0.2) is 17.5 Å². The topological polar surface area (TPSA) is 43.6 Å². The molecule has 2 unspecified atom stereocenters. The Kier molecular flexibility index (Phi) is 10.4. The lowest BCUT2D eigenvalue weighted by atomic mass is 9.85. The van der Waals surface area contributed by atoms with Crippen LogP contribution in [0.25, 0.3) is 83.9 Å². The van der Waals surface area contributed by atoms with Crippen LogP contribution in [0.15, 0.2) is 186 Å². The van der Waals surface area contributed by atoms with Gasteiger partial charge in [-0.05, 0) is 96.3 Å². The fraction of sp³-hybridized carbons (Fsp3) is 0.155. The molecule has 0 spiro atoms. The van der Waals surface area contributed by atoms with Gasteiger partial charge in [0, 0.05) is 44.9 Å². The first kappa shape index (κ1) is 41.6. The molecule has 4 nitrogen and oxygen atoms in total. The highest BCUT2D eigenvalue weighted by Crippen LogP contribution is 2.40.